The molecule has 0 spiro atoms. The van der Waals surface area contributed by atoms with E-state index in [1.807, 2.05) is 0 Å². The molecule has 66 valence electrons. The highest BCUT2D eigenvalue weighted by Gasteiger charge is 2.18. The molecule has 0 aliphatic rings. The second-order valence-electron chi connectivity index (χ2n) is 2.59. The van der Waals surface area contributed by atoms with Crippen LogP contribution in [0, 0.1) is 5.92 Å². The molecule has 0 aromatic rings. The summed E-state index contributed by atoms with van der Waals surface area (Å²) in [7, 11) is 0. The van der Waals surface area contributed by atoms with Gasteiger partial charge in [-0.05, 0) is 12.8 Å². The summed E-state index contributed by atoms with van der Waals surface area (Å²) in [5.74, 6) is -0.572. The molecule has 4 heteroatoms. The van der Waals surface area contributed by atoms with E-state index in [-0.39, 0.29) is 5.92 Å². The van der Waals surface area contributed by atoms with Crippen LogP contribution in [0.2, 0.25) is 0 Å². The summed E-state index contributed by atoms with van der Waals surface area (Å²) < 4.78 is 0. The molecule has 0 rings (SSSR count). The van der Waals surface area contributed by atoms with Crippen LogP contribution in [0.25, 0.3) is 0 Å². The lowest BCUT2D eigenvalue weighted by atomic mass is 10.1. The minimum Gasteiger partial charge on any atom is -0.383 e. The Balaban J connectivity index is 3.64. The minimum absolute atomic E-state index is 0.0875. The molecule has 0 heterocycles. The average Bonchev–Trinajstić information content (AvgIpc) is 1.98. The van der Waals surface area contributed by atoms with E-state index < -0.39 is 12.0 Å². The van der Waals surface area contributed by atoms with E-state index in [1.54, 1.807) is 20.8 Å². The molecule has 0 aliphatic carbocycles. The molecule has 2 N–H and O–H groups in total. The number of nitrogens with one attached hydrogen (secondary N) is 1. The lowest BCUT2D eigenvalue weighted by molar-refractivity contribution is -0.144. The summed E-state index contributed by atoms with van der Waals surface area (Å²) in [5.41, 5.74) is 2.12. The summed E-state index contributed by atoms with van der Waals surface area (Å²) in [5, 5.41) is 9.13. The van der Waals surface area contributed by atoms with Gasteiger partial charge in [-0.1, -0.05) is 13.8 Å². The molecule has 0 radical (unpaired) electrons. The summed E-state index contributed by atoms with van der Waals surface area (Å²) in [4.78, 5) is 15.5. The maximum absolute atomic E-state index is 10.9. The van der Waals surface area contributed by atoms with Crippen LogP contribution in [-0.2, 0) is 9.63 Å². The van der Waals surface area contributed by atoms with Crippen molar-refractivity contribution in [2.75, 3.05) is 6.61 Å². The van der Waals surface area contributed by atoms with Crippen LogP contribution in [0.4, 0.5) is 0 Å². The second kappa shape index (κ2) is 5.09. The SMILES string of the molecule is CCONC(=O)[C@@H](O)C(C)C. The van der Waals surface area contributed by atoms with Gasteiger partial charge in [0, 0.05) is 0 Å². The smallest absolute Gasteiger partial charge is 0.272 e. The van der Waals surface area contributed by atoms with E-state index in [1.165, 1.54) is 0 Å². The summed E-state index contributed by atoms with van der Waals surface area (Å²) >= 11 is 0. The van der Waals surface area contributed by atoms with Crippen molar-refractivity contribution in [3.8, 4) is 0 Å². The van der Waals surface area contributed by atoms with Gasteiger partial charge in [0.2, 0.25) is 0 Å². The molecular weight excluding hydrogens is 146 g/mol. The van der Waals surface area contributed by atoms with Crippen molar-refractivity contribution < 1.29 is 14.7 Å². The maximum Gasteiger partial charge on any atom is 0.272 e. The van der Waals surface area contributed by atoms with Crippen molar-refractivity contribution in [1.82, 2.24) is 5.48 Å². The third kappa shape index (κ3) is 3.95. The number of aliphatic hydroxyl groups excluding tert-OH is 1. The van der Waals surface area contributed by atoms with Crippen molar-refractivity contribution >= 4 is 5.91 Å². The van der Waals surface area contributed by atoms with Crippen molar-refractivity contribution in [2.45, 2.75) is 26.9 Å². The van der Waals surface area contributed by atoms with Crippen molar-refractivity contribution in [3.05, 3.63) is 0 Å². The number of carbonyl (C=O) groups is 1. The van der Waals surface area contributed by atoms with Gasteiger partial charge in [-0.2, -0.15) is 0 Å². The molecule has 0 fully saturated rings. The van der Waals surface area contributed by atoms with E-state index in [2.05, 4.69) is 10.3 Å². The number of hydrogen-bond acceptors (Lipinski definition) is 3. The van der Waals surface area contributed by atoms with Crippen LogP contribution >= 0.6 is 0 Å². The number of amides is 1. The first-order valence-electron chi connectivity index (χ1n) is 3.69. The Hall–Kier alpha value is -0.610. The fourth-order valence-corrected chi connectivity index (χ4v) is 0.506. The topological polar surface area (TPSA) is 58.6 Å². The van der Waals surface area contributed by atoms with Crippen LogP contribution in [0.15, 0.2) is 0 Å². The minimum atomic E-state index is -0.985. The molecular formula is C7H15NO3. The zero-order chi connectivity index (χ0) is 8.85. The Bertz CT molecular complexity index is 125. The highest BCUT2D eigenvalue weighted by Crippen LogP contribution is 1.99. The molecule has 1 atom stereocenters. The van der Waals surface area contributed by atoms with Crippen LogP contribution in [-0.4, -0.2) is 23.7 Å². The van der Waals surface area contributed by atoms with E-state index >= 15 is 0 Å². The highest BCUT2D eigenvalue weighted by molar-refractivity contribution is 5.79. The largest absolute Gasteiger partial charge is 0.383 e. The van der Waals surface area contributed by atoms with Crippen LogP contribution < -0.4 is 5.48 Å². The van der Waals surface area contributed by atoms with Gasteiger partial charge in [0.1, 0.15) is 6.10 Å². The first kappa shape index (κ1) is 10.4. The van der Waals surface area contributed by atoms with E-state index in [4.69, 9.17) is 5.11 Å². The van der Waals surface area contributed by atoms with Gasteiger partial charge in [-0.15, -0.1) is 0 Å². The Morgan fingerprint density at radius 2 is 2.18 bits per heavy atom. The highest BCUT2D eigenvalue weighted by atomic mass is 16.7. The van der Waals surface area contributed by atoms with Crippen molar-refractivity contribution in [3.63, 3.8) is 0 Å². The van der Waals surface area contributed by atoms with Crippen LogP contribution in [0.1, 0.15) is 20.8 Å². The van der Waals surface area contributed by atoms with Gasteiger partial charge in [0.15, 0.2) is 0 Å². The number of rotatable bonds is 4. The van der Waals surface area contributed by atoms with Crippen LogP contribution in [0.3, 0.4) is 0 Å². The monoisotopic (exact) mass is 161 g/mol. The predicted octanol–water partition coefficient (Wildman–Crippen LogP) is 0.0710. The molecule has 0 aromatic carbocycles. The van der Waals surface area contributed by atoms with E-state index in [9.17, 15) is 4.79 Å². The molecule has 0 saturated heterocycles. The number of hydrogen-bond donors (Lipinski definition) is 2. The van der Waals surface area contributed by atoms with E-state index in [0.29, 0.717) is 6.61 Å². The molecule has 0 aromatic heterocycles. The second-order valence-corrected chi connectivity index (χ2v) is 2.59. The predicted molar refractivity (Wildman–Crippen MR) is 40.6 cm³/mol. The number of aliphatic hydroxyl groups is 1. The fraction of sp³-hybridized carbons (Fsp3) is 0.857. The molecule has 0 unspecified atom stereocenters. The van der Waals surface area contributed by atoms with Gasteiger partial charge in [-0.3, -0.25) is 9.63 Å². The lowest BCUT2D eigenvalue weighted by Crippen LogP contribution is -2.37. The first-order valence-corrected chi connectivity index (χ1v) is 3.69. The third-order valence-corrected chi connectivity index (χ3v) is 1.22. The van der Waals surface area contributed by atoms with Crippen molar-refractivity contribution in [2.24, 2.45) is 5.92 Å². The lowest BCUT2D eigenvalue weighted by Gasteiger charge is -2.12. The Labute approximate surface area is 66.5 Å². The normalized spacial score (nSPS) is 13.2. The molecule has 0 saturated carbocycles. The molecule has 11 heavy (non-hydrogen) atoms. The van der Waals surface area contributed by atoms with E-state index in [0.717, 1.165) is 0 Å². The quantitative estimate of drug-likeness (QED) is 0.574. The zero-order valence-corrected chi connectivity index (χ0v) is 7.13. The Kier molecular flexibility index (Phi) is 4.81. The standard InChI is InChI=1S/C7H15NO3/c1-4-11-8-7(10)6(9)5(2)3/h5-6,9H,4H2,1-3H3,(H,8,10)/t6-/m0/s1. The molecule has 4 nitrogen and oxygen atoms in total. The molecule has 1 amide bonds. The summed E-state index contributed by atoms with van der Waals surface area (Å²) in [6.07, 6.45) is -0.985. The molecule has 0 aliphatic heterocycles. The Morgan fingerprint density at radius 1 is 1.64 bits per heavy atom. The zero-order valence-electron chi connectivity index (χ0n) is 7.13. The number of hydroxylamine groups is 1. The van der Waals surface area contributed by atoms with Gasteiger partial charge in [0.25, 0.3) is 5.91 Å². The maximum atomic E-state index is 10.9. The average molecular weight is 161 g/mol. The van der Waals surface area contributed by atoms with Gasteiger partial charge in [-0.25, -0.2) is 5.48 Å². The first-order chi connectivity index (χ1) is 5.09. The fourth-order valence-electron chi connectivity index (χ4n) is 0.506. The van der Waals surface area contributed by atoms with Gasteiger partial charge in [0.05, 0.1) is 6.61 Å². The van der Waals surface area contributed by atoms with Crippen molar-refractivity contribution in [1.29, 1.82) is 0 Å². The van der Waals surface area contributed by atoms with Gasteiger partial charge >= 0.3 is 0 Å². The summed E-state index contributed by atoms with van der Waals surface area (Å²) in [6.45, 7) is 5.67. The number of carbonyl (C=O) groups excluding carboxylic acids is 1. The van der Waals surface area contributed by atoms with Gasteiger partial charge < -0.3 is 5.11 Å². The Morgan fingerprint density at radius 3 is 2.55 bits per heavy atom. The third-order valence-electron chi connectivity index (χ3n) is 1.22. The molecule has 0 bridgehead atoms. The summed E-state index contributed by atoms with van der Waals surface area (Å²) in [6, 6.07) is 0. The van der Waals surface area contributed by atoms with Crippen LogP contribution in [0.5, 0.6) is 0 Å².